The van der Waals surface area contributed by atoms with E-state index >= 15 is 0 Å². The maximum Gasteiger partial charge on any atom is 0.232 e. The minimum absolute atomic E-state index is 0.150. The molecule has 0 saturated heterocycles. The van der Waals surface area contributed by atoms with Gasteiger partial charge in [-0.3, -0.25) is 4.79 Å². The summed E-state index contributed by atoms with van der Waals surface area (Å²) in [7, 11) is 0. The summed E-state index contributed by atoms with van der Waals surface area (Å²) in [4.78, 5) is 15.4. The van der Waals surface area contributed by atoms with E-state index in [1.807, 2.05) is 24.3 Å². The van der Waals surface area contributed by atoms with E-state index in [4.69, 9.17) is 20.8 Å². The fourth-order valence-corrected chi connectivity index (χ4v) is 2.37. The summed E-state index contributed by atoms with van der Waals surface area (Å²) >= 11 is 5.98. The minimum Gasteiger partial charge on any atom is -0.482 e. The molecule has 0 bridgehead atoms. The summed E-state index contributed by atoms with van der Waals surface area (Å²) in [6.07, 6.45) is 1.63. The van der Waals surface area contributed by atoms with Crippen LogP contribution in [-0.4, -0.2) is 10.9 Å². The number of rotatable bonds is 5. The van der Waals surface area contributed by atoms with Crippen molar-refractivity contribution in [2.24, 2.45) is 0 Å². The van der Waals surface area contributed by atoms with Crippen LogP contribution in [0.1, 0.15) is 12.8 Å². The number of hydrogen-bond donors (Lipinski definition) is 1. The predicted octanol–water partition coefficient (Wildman–Crippen LogP) is 4.53. The summed E-state index contributed by atoms with van der Waals surface area (Å²) in [6, 6.07) is 14.5. The van der Waals surface area contributed by atoms with Gasteiger partial charge in [0.15, 0.2) is 12.4 Å². The number of para-hydroxylation sites is 2. The van der Waals surface area contributed by atoms with Crippen LogP contribution in [0.25, 0.3) is 11.3 Å². The SMILES string of the molecule is CC(=O)Nc1ccccc1OCc1ncc(-c2cccc(Cl)c2)o1. The number of ether oxygens (including phenoxy) is 1. The first-order valence-corrected chi connectivity index (χ1v) is 7.69. The molecule has 5 nitrogen and oxygen atoms in total. The van der Waals surface area contributed by atoms with Crippen molar-refractivity contribution in [1.82, 2.24) is 4.98 Å². The number of benzene rings is 2. The largest absolute Gasteiger partial charge is 0.482 e. The van der Waals surface area contributed by atoms with Gasteiger partial charge < -0.3 is 14.5 Å². The van der Waals surface area contributed by atoms with Crippen molar-refractivity contribution in [3.63, 3.8) is 0 Å². The maximum absolute atomic E-state index is 11.2. The smallest absolute Gasteiger partial charge is 0.232 e. The van der Waals surface area contributed by atoms with Crippen molar-refractivity contribution in [2.75, 3.05) is 5.32 Å². The van der Waals surface area contributed by atoms with Gasteiger partial charge in [-0.2, -0.15) is 0 Å². The van der Waals surface area contributed by atoms with Crippen LogP contribution in [0.5, 0.6) is 5.75 Å². The highest BCUT2D eigenvalue weighted by Crippen LogP contribution is 2.26. The van der Waals surface area contributed by atoms with Crippen molar-refractivity contribution >= 4 is 23.2 Å². The zero-order chi connectivity index (χ0) is 16.9. The third-order valence-electron chi connectivity index (χ3n) is 3.21. The molecule has 1 amide bonds. The Hall–Kier alpha value is -2.79. The first-order valence-electron chi connectivity index (χ1n) is 7.32. The van der Waals surface area contributed by atoms with Crippen molar-refractivity contribution in [2.45, 2.75) is 13.5 Å². The number of nitrogens with zero attached hydrogens (tertiary/aromatic N) is 1. The summed E-state index contributed by atoms with van der Waals surface area (Å²) in [6.45, 7) is 1.60. The van der Waals surface area contributed by atoms with E-state index in [-0.39, 0.29) is 12.5 Å². The van der Waals surface area contributed by atoms with E-state index < -0.39 is 0 Å². The molecular formula is C18H15ClN2O3. The Balaban J connectivity index is 1.71. The Labute approximate surface area is 144 Å². The normalized spacial score (nSPS) is 10.4. The maximum atomic E-state index is 11.2. The highest BCUT2D eigenvalue weighted by molar-refractivity contribution is 6.30. The van der Waals surface area contributed by atoms with Gasteiger partial charge >= 0.3 is 0 Å². The molecule has 1 heterocycles. The summed E-state index contributed by atoms with van der Waals surface area (Å²) in [5.41, 5.74) is 1.45. The van der Waals surface area contributed by atoms with Crippen LogP contribution in [-0.2, 0) is 11.4 Å². The molecular weight excluding hydrogens is 328 g/mol. The molecule has 122 valence electrons. The molecule has 3 rings (SSSR count). The highest BCUT2D eigenvalue weighted by atomic mass is 35.5. The lowest BCUT2D eigenvalue weighted by atomic mass is 10.2. The molecule has 0 spiro atoms. The second kappa shape index (κ2) is 7.19. The average molecular weight is 343 g/mol. The predicted molar refractivity (Wildman–Crippen MR) is 92.0 cm³/mol. The van der Waals surface area contributed by atoms with Crippen LogP contribution in [0.4, 0.5) is 5.69 Å². The number of amides is 1. The van der Waals surface area contributed by atoms with E-state index in [0.29, 0.717) is 28.1 Å². The van der Waals surface area contributed by atoms with E-state index in [9.17, 15) is 4.79 Å². The zero-order valence-corrected chi connectivity index (χ0v) is 13.7. The number of carbonyl (C=O) groups is 1. The van der Waals surface area contributed by atoms with Gasteiger partial charge in [0, 0.05) is 17.5 Å². The molecule has 2 aromatic carbocycles. The Morgan fingerprint density at radius 3 is 2.88 bits per heavy atom. The van der Waals surface area contributed by atoms with Gasteiger partial charge in [-0.1, -0.05) is 35.9 Å². The van der Waals surface area contributed by atoms with Crippen LogP contribution >= 0.6 is 11.6 Å². The molecule has 0 aliphatic carbocycles. The summed E-state index contributed by atoms with van der Waals surface area (Å²) in [5, 5.41) is 3.35. The molecule has 0 atom stereocenters. The molecule has 1 aromatic heterocycles. The second-order valence-electron chi connectivity index (χ2n) is 5.09. The van der Waals surface area contributed by atoms with E-state index in [1.165, 1.54) is 6.92 Å². The first kappa shape index (κ1) is 16.1. The van der Waals surface area contributed by atoms with Crippen LogP contribution < -0.4 is 10.1 Å². The third kappa shape index (κ3) is 3.94. The Kier molecular flexibility index (Phi) is 4.82. The van der Waals surface area contributed by atoms with E-state index in [2.05, 4.69) is 10.3 Å². The Bertz CT molecular complexity index is 861. The second-order valence-corrected chi connectivity index (χ2v) is 5.53. The van der Waals surface area contributed by atoms with Gasteiger partial charge in [-0.15, -0.1) is 0 Å². The number of oxazole rings is 1. The lowest BCUT2D eigenvalue weighted by molar-refractivity contribution is -0.114. The molecule has 0 aliphatic heterocycles. The van der Waals surface area contributed by atoms with E-state index in [0.717, 1.165) is 5.56 Å². The van der Waals surface area contributed by atoms with Crippen molar-refractivity contribution in [3.05, 3.63) is 65.6 Å². The lowest BCUT2D eigenvalue weighted by Crippen LogP contribution is -2.07. The number of anilines is 1. The number of hydrogen-bond acceptors (Lipinski definition) is 4. The van der Waals surface area contributed by atoms with Gasteiger partial charge in [0.05, 0.1) is 11.9 Å². The molecule has 0 fully saturated rings. The molecule has 0 radical (unpaired) electrons. The Morgan fingerprint density at radius 1 is 1.25 bits per heavy atom. The Morgan fingerprint density at radius 2 is 2.08 bits per heavy atom. The highest BCUT2D eigenvalue weighted by Gasteiger charge is 2.09. The fourth-order valence-electron chi connectivity index (χ4n) is 2.18. The number of aromatic nitrogens is 1. The average Bonchev–Trinajstić information content (AvgIpc) is 3.02. The third-order valence-corrected chi connectivity index (χ3v) is 3.45. The monoisotopic (exact) mass is 342 g/mol. The summed E-state index contributed by atoms with van der Waals surface area (Å²) in [5.74, 6) is 1.44. The molecule has 0 unspecified atom stereocenters. The van der Waals surface area contributed by atoms with Crippen LogP contribution in [0, 0.1) is 0 Å². The van der Waals surface area contributed by atoms with Gasteiger partial charge in [0.1, 0.15) is 5.75 Å². The van der Waals surface area contributed by atoms with Crippen molar-refractivity contribution < 1.29 is 13.9 Å². The minimum atomic E-state index is -0.162. The molecule has 0 aliphatic rings. The van der Waals surface area contributed by atoms with Gasteiger partial charge in [-0.05, 0) is 24.3 Å². The molecule has 6 heteroatoms. The van der Waals surface area contributed by atoms with Crippen molar-refractivity contribution in [3.8, 4) is 17.1 Å². The first-order chi connectivity index (χ1) is 11.6. The molecule has 24 heavy (non-hydrogen) atoms. The van der Waals surface area contributed by atoms with Crippen LogP contribution in [0.15, 0.2) is 59.1 Å². The summed E-state index contributed by atoms with van der Waals surface area (Å²) < 4.78 is 11.4. The van der Waals surface area contributed by atoms with Crippen molar-refractivity contribution in [1.29, 1.82) is 0 Å². The molecule has 0 saturated carbocycles. The van der Waals surface area contributed by atoms with Gasteiger partial charge in [0.2, 0.25) is 11.8 Å². The standard InChI is InChI=1S/C18H15ClN2O3/c1-12(22)21-15-7-2-3-8-16(15)23-11-18-20-10-17(24-18)13-5-4-6-14(19)9-13/h2-10H,11H2,1H3,(H,21,22). The number of halogens is 1. The van der Waals surface area contributed by atoms with E-state index in [1.54, 1.807) is 30.5 Å². The topological polar surface area (TPSA) is 64.4 Å². The van der Waals surface area contributed by atoms with Gasteiger partial charge in [-0.25, -0.2) is 4.98 Å². The lowest BCUT2D eigenvalue weighted by Gasteiger charge is -2.10. The zero-order valence-electron chi connectivity index (χ0n) is 13.0. The fraction of sp³-hybridized carbons (Fsp3) is 0.111. The van der Waals surface area contributed by atoms with Crippen LogP contribution in [0.2, 0.25) is 5.02 Å². The van der Waals surface area contributed by atoms with Crippen LogP contribution in [0.3, 0.4) is 0 Å². The molecule has 3 aromatic rings. The molecule has 1 N–H and O–H groups in total. The number of nitrogens with one attached hydrogen (secondary N) is 1. The van der Waals surface area contributed by atoms with Gasteiger partial charge in [0.25, 0.3) is 0 Å². The quantitative estimate of drug-likeness (QED) is 0.739. The number of carbonyl (C=O) groups excluding carboxylic acids is 1.